The van der Waals surface area contributed by atoms with Crippen molar-refractivity contribution in [1.82, 2.24) is 0 Å². The van der Waals surface area contributed by atoms with E-state index in [1.165, 1.54) is 0 Å². The van der Waals surface area contributed by atoms with E-state index in [1.807, 2.05) is 24.3 Å². The maximum absolute atomic E-state index is 6.05. The van der Waals surface area contributed by atoms with Gasteiger partial charge in [0.15, 0.2) is 0 Å². The van der Waals surface area contributed by atoms with Gasteiger partial charge in [0, 0.05) is 4.88 Å². The van der Waals surface area contributed by atoms with Crippen molar-refractivity contribution in [2.75, 3.05) is 7.11 Å². The van der Waals surface area contributed by atoms with Crippen molar-refractivity contribution in [2.24, 2.45) is 0 Å². The maximum atomic E-state index is 6.05. The van der Waals surface area contributed by atoms with Crippen LogP contribution in [0.3, 0.4) is 0 Å². The predicted molar refractivity (Wildman–Crippen MR) is 88.5 cm³/mol. The fourth-order valence-corrected chi connectivity index (χ4v) is 4.50. The fraction of sp³-hybridized carbons (Fsp3) is 0.167. The molecule has 0 aliphatic carbocycles. The Labute approximate surface area is 140 Å². The number of hydrogen-bond donors (Lipinski definition) is 0. The number of hydrogen-bond acceptors (Lipinski definition) is 2. The number of alkyl halides is 1. The second-order valence-corrected chi connectivity index (χ2v) is 8.11. The molecule has 0 bridgehead atoms. The van der Waals surface area contributed by atoms with Crippen LogP contribution in [0.15, 0.2) is 32.5 Å². The number of thiophene rings is 1. The lowest BCUT2D eigenvalue weighted by Gasteiger charge is -2.10. The van der Waals surface area contributed by atoms with E-state index in [2.05, 4.69) is 47.8 Å². The lowest BCUT2D eigenvalue weighted by molar-refractivity contribution is 0.412. The van der Waals surface area contributed by atoms with Gasteiger partial charge in [-0.2, -0.15) is 0 Å². The van der Waals surface area contributed by atoms with Gasteiger partial charge < -0.3 is 4.74 Å². The second-order valence-electron chi connectivity index (χ2n) is 3.53. The van der Waals surface area contributed by atoms with Gasteiger partial charge in [0.1, 0.15) is 5.75 Å². The van der Waals surface area contributed by atoms with Gasteiger partial charge in [-0.1, -0.05) is 33.6 Å². The van der Waals surface area contributed by atoms with Crippen molar-refractivity contribution in [1.29, 1.82) is 0 Å². The molecule has 1 atom stereocenters. The van der Waals surface area contributed by atoms with E-state index >= 15 is 0 Å². The SMILES string of the molecule is COc1ccc(C(Br)c2cc(Cl)c(Br)s2)cc1Br. The van der Waals surface area contributed by atoms with E-state index in [9.17, 15) is 0 Å². The first-order valence-electron chi connectivity index (χ1n) is 4.95. The predicted octanol–water partition coefficient (Wildman–Crippen LogP) is 6.42. The smallest absolute Gasteiger partial charge is 0.133 e. The molecule has 0 radical (unpaired) electrons. The van der Waals surface area contributed by atoms with Gasteiger partial charge >= 0.3 is 0 Å². The fourth-order valence-electron chi connectivity index (χ4n) is 1.49. The van der Waals surface area contributed by atoms with Crippen LogP contribution >= 0.6 is 70.7 Å². The first kappa shape index (κ1) is 14.9. The van der Waals surface area contributed by atoms with Crippen molar-refractivity contribution in [2.45, 2.75) is 4.83 Å². The van der Waals surface area contributed by atoms with Crippen LogP contribution < -0.4 is 4.74 Å². The zero-order valence-corrected chi connectivity index (χ0v) is 15.5. The third kappa shape index (κ3) is 3.12. The molecular weight excluding hydrogens is 467 g/mol. The molecule has 0 spiro atoms. The molecule has 0 aliphatic rings. The van der Waals surface area contributed by atoms with Gasteiger partial charge in [0.05, 0.1) is 25.2 Å². The summed E-state index contributed by atoms with van der Waals surface area (Å²) in [4.78, 5) is 1.28. The average Bonchev–Trinajstić information content (AvgIpc) is 2.68. The summed E-state index contributed by atoms with van der Waals surface area (Å²) < 4.78 is 7.11. The number of rotatable bonds is 3. The van der Waals surface area contributed by atoms with Crippen molar-refractivity contribution >= 4 is 70.7 Å². The van der Waals surface area contributed by atoms with Gasteiger partial charge in [-0.3, -0.25) is 0 Å². The standard InChI is InChI=1S/C12H8Br3ClOS/c1-17-9-3-2-6(4-7(9)13)11(14)10-5-8(16)12(15)18-10/h2-5,11H,1H3. The maximum Gasteiger partial charge on any atom is 0.133 e. The number of halogens is 4. The summed E-state index contributed by atoms with van der Waals surface area (Å²) in [6.45, 7) is 0. The van der Waals surface area contributed by atoms with Crippen LogP contribution in [-0.4, -0.2) is 7.11 Å². The van der Waals surface area contributed by atoms with Gasteiger partial charge in [0.25, 0.3) is 0 Å². The summed E-state index contributed by atoms with van der Waals surface area (Å²) >= 11 is 18.3. The first-order chi connectivity index (χ1) is 8.52. The van der Waals surface area contributed by atoms with E-state index in [0.29, 0.717) is 0 Å². The Morgan fingerprint density at radius 3 is 2.50 bits per heavy atom. The molecule has 1 nitrogen and oxygen atoms in total. The van der Waals surface area contributed by atoms with E-state index in [4.69, 9.17) is 16.3 Å². The van der Waals surface area contributed by atoms with Crippen molar-refractivity contribution in [3.8, 4) is 5.75 Å². The van der Waals surface area contributed by atoms with E-state index in [-0.39, 0.29) is 4.83 Å². The summed E-state index contributed by atoms with van der Waals surface area (Å²) in [5.41, 5.74) is 1.15. The molecule has 1 unspecified atom stereocenters. The molecule has 1 heterocycles. The highest BCUT2D eigenvalue weighted by Gasteiger charge is 2.16. The molecule has 0 saturated carbocycles. The van der Waals surface area contributed by atoms with E-state index in [0.717, 1.165) is 29.5 Å². The van der Waals surface area contributed by atoms with E-state index in [1.54, 1.807) is 18.4 Å². The van der Waals surface area contributed by atoms with Crippen LogP contribution in [0.2, 0.25) is 5.02 Å². The molecular formula is C12H8Br3ClOS. The van der Waals surface area contributed by atoms with Crippen molar-refractivity contribution in [3.63, 3.8) is 0 Å². The summed E-state index contributed by atoms with van der Waals surface area (Å²) in [5.74, 6) is 0.823. The van der Waals surface area contributed by atoms with Crippen LogP contribution in [0.5, 0.6) is 5.75 Å². The molecule has 0 aliphatic heterocycles. The summed E-state index contributed by atoms with van der Waals surface area (Å²) in [6.07, 6.45) is 0. The lowest BCUT2D eigenvalue weighted by atomic mass is 10.1. The largest absolute Gasteiger partial charge is 0.496 e. The summed E-state index contributed by atoms with van der Waals surface area (Å²) in [7, 11) is 1.65. The molecule has 1 aromatic carbocycles. The molecule has 0 fully saturated rings. The highest BCUT2D eigenvalue weighted by molar-refractivity contribution is 9.11. The lowest BCUT2D eigenvalue weighted by Crippen LogP contribution is -1.91. The Bertz CT molecular complexity index is 551. The third-order valence-corrected chi connectivity index (χ3v) is 6.87. The monoisotopic (exact) mass is 472 g/mol. The third-order valence-electron chi connectivity index (χ3n) is 2.38. The molecule has 0 saturated heterocycles. The summed E-state index contributed by atoms with van der Waals surface area (Å²) in [6, 6.07) is 7.98. The Balaban J connectivity index is 2.33. The number of benzene rings is 1. The Kier molecular flexibility index (Phi) is 5.17. The molecule has 6 heteroatoms. The second kappa shape index (κ2) is 6.27. The van der Waals surface area contributed by atoms with Crippen LogP contribution in [0, 0.1) is 0 Å². The number of ether oxygens (including phenoxy) is 1. The summed E-state index contributed by atoms with van der Waals surface area (Å²) in [5, 5.41) is 0.743. The van der Waals surface area contributed by atoms with E-state index < -0.39 is 0 Å². The molecule has 18 heavy (non-hydrogen) atoms. The molecule has 0 amide bonds. The van der Waals surface area contributed by atoms with Gasteiger partial charge in [0.2, 0.25) is 0 Å². The molecule has 2 rings (SSSR count). The average molecular weight is 475 g/mol. The normalized spacial score (nSPS) is 12.5. The minimum Gasteiger partial charge on any atom is -0.496 e. The Morgan fingerprint density at radius 1 is 1.28 bits per heavy atom. The van der Waals surface area contributed by atoms with Gasteiger partial charge in [-0.05, 0) is 55.6 Å². The Morgan fingerprint density at radius 2 is 2.00 bits per heavy atom. The van der Waals surface area contributed by atoms with Crippen molar-refractivity contribution in [3.05, 3.63) is 48.0 Å². The van der Waals surface area contributed by atoms with Gasteiger partial charge in [-0.15, -0.1) is 11.3 Å². The zero-order chi connectivity index (χ0) is 13.3. The Hall–Kier alpha value is 0.450. The van der Waals surface area contributed by atoms with Crippen LogP contribution in [0.1, 0.15) is 15.3 Å². The zero-order valence-electron chi connectivity index (χ0n) is 9.22. The molecule has 2 aromatic rings. The molecule has 0 N–H and O–H groups in total. The highest BCUT2D eigenvalue weighted by atomic mass is 79.9. The minimum absolute atomic E-state index is 0.119. The number of methoxy groups -OCH3 is 1. The topological polar surface area (TPSA) is 9.23 Å². The van der Waals surface area contributed by atoms with Gasteiger partial charge in [-0.25, -0.2) is 0 Å². The first-order valence-corrected chi connectivity index (χ1v) is 8.64. The van der Waals surface area contributed by atoms with Crippen LogP contribution in [0.4, 0.5) is 0 Å². The molecule has 1 aromatic heterocycles. The van der Waals surface area contributed by atoms with Crippen LogP contribution in [-0.2, 0) is 0 Å². The van der Waals surface area contributed by atoms with Crippen LogP contribution in [0.25, 0.3) is 0 Å². The molecule has 96 valence electrons. The quantitative estimate of drug-likeness (QED) is 0.466. The minimum atomic E-state index is 0.119. The van der Waals surface area contributed by atoms with Crippen molar-refractivity contribution < 1.29 is 4.74 Å². The highest BCUT2D eigenvalue weighted by Crippen LogP contribution is 2.42.